The topological polar surface area (TPSA) is 78.4 Å². The molecular formula is C15H20N2O3S. The minimum atomic E-state index is -0.849. The molecule has 0 bridgehead atoms. The van der Waals surface area contributed by atoms with Gasteiger partial charge in [-0.2, -0.15) is 0 Å². The Morgan fingerprint density at radius 2 is 2.29 bits per heavy atom. The van der Waals surface area contributed by atoms with Gasteiger partial charge in [0.1, 0.15) is 0 Å². The molecule has 0 aromatic carbocycles. The largest absolute Gasteiger partial charge is 0.481 e. The van der Waals surface area contributed by atoms with Crippen molar-refractivity contribution in [3.05, 3.63) is 34.5 Å². The number of carboxylic acids is 1. The van der Waals surface area contributed by atoms with E-state index in [2.05, 4.69) is 17.6 Å². The second kappa shape index (κ2) is 7.26. The lowest BCUT2D eigenvalue weighted by Gasteiger charge is -2.19. The Balaban J connectivity index is 1.86. The normalized spacial score (nSPS) is 22.0. The van der Waals surface area contributed by atoms with Crippen LogP contribution in [-0.2, 0) is 4.79 Å². The molecule has 21 heavy (non-hydrogen) atoms. The fraction of sp³-hybridized carbons (Fsp3) is 0.467. The second-order valence-corrected chi connectivity index (χ2v) is 6.13. The first-order chi connectivity index (χ1) is 10.1. The Kier molecular flexibility index (Phi) is 5.38. The third kappa shape index (κ3) is 4.32. The highest BCUT2D eigenvalue weighted by atomic mass is 32.1. The van der Waals surface area contributed by atoms with Gasteiger partial charge in [-0.1, -0.05) is 31.6 Å². The molecule has 2 amide bonds. The summed E-state index contributed by atoms with van der Waals surface area (Å²) in [4.78, 5) is 24.1. The maximum absolute atomic E-state index is 12.1. The van der Waals surface area contributed by atoms with Crippen LogP contribution in [0.4, 0.5) is 4.79 Å². The summed E-state index contributed by atoms with van der Waals surface area (Å²) in [5.74, 6) is -1.35. The molecule has 6 heteroatoms. The molecule has 3 atom stereocenters. The minimum absolute atomic E-state index is 0.00986. The van der Waals surface area contributed by atoms with Crippen molar-refractivity contribution in [3.8, 4) is 0 Å². The van der Waals surface area contributed by atoms with Gasteiger partial charge in [0.25, 0.3) is 0 Å². The zero-order valence-electron chi connectivity index (χ0n) is 11.9. The summed E-state index contributed by atoms with van der Waals surface area (Å²) in [5.41, 5.74) is 0. The van der Waals surface area contributed by atoms with Crippen molar-refractivity contribution in [2.75, 3.05) is 0 Å². The Bertz CT molecular complexity index is 513. The predicted molar refractivity (Wildman–Crippen MR) is 82.3 cm³/mol. The molecule has 114 valence electrons. The van der Waals surface area contributed by atoms with Gasteiger partial charge in [-0.05, 0) is 24.3 Å². The molecule has 2 rings (SSSR count). The van der Waals surface area contributed by atoms with E-state index in [9.17, 15) is 9.59 Å². The van der Waals surface area contributed by atoms with Gasteiger partial charge in [0.15, 0.2) is 0 Å². The molecule has 1 aliphatic rings. The third-order valence-electron chi connectivity index (χ3n) is 3.49. The second-order valence-electron chi connectivity index (χ2n) is 5.15. The first-order valence-corrected chi connectivity index (χ1v) is 7.99. The number of hydrogen-bond acceptors (Lipinski definition) is 3. The van der Waals surface area contributed by atoms with E-state index in [1.165, 1.54) is 0 Å². The molecule has 1 heterocycles. The van der Waals surface area contributed by atoms with E-state index in [1.807, 2.05) is 17.5 Å². The van der Waals surface area contributed by atoms with Crippen LogP contribution in [0.3, 0.4) is 0 Å². The SMILES string of the molecule is CCCC(NC(=O)NC1C=CC(C(=O)O)C1)c1cccs1. The van der Waals surface area contributed by atoms with Gasteiger partial charge in [0.05, 0.1) is 18.0 Å². The van der Waals surface area contributed by atoms with Gasteiger partial charge in [0.2, 0.25) is 0 Å². The monoisotopic (exact) mass is 308 g/mol. The van der Waals surface area contributed by atoms with Gasteiger partial charge < -0.3 is 15.7 Å². The number of hydrogen-bond donors (Lipinski definition) is 3. The molecule has 0 fully saturated rings. The first kappa shape index (κ1) is 15.6. The number of rotatable bonds is 6. The van der Waals surface area contributed by atoms with Crippen LogP contribution in [0.2, 0.25) is 0 Å². The zero-order valence-corrected chi connectivity index (χ0v) is 12.7. The van der Waals surface area contributed by atoms with E-state index in [0.29, 0.717) is 6.42 Å². The molecule has 0 saturated carbocycles. The summed E-state index contributed by atoms with van der Waals surface area (Å²) in [7, 11) is 0. The highest BCUT2D eigenvalue weighted by molar-refractivity contribution is 7.10. The van der Waals surface area contributed by atoms with Crippen molar-refractivity contribution < 1.29 is 14.7 Å². The van der Waals surface area contributed by atoms with Crippen LogP contribution >= 0.6 is 11.3 Å². The molecular weight excluding hydrogens is 288 g/mol. The van der Waals surface area contributed by atoms with E-state index in [4.69, 9.17) is 5.11 Å². The minimum Gasteiger partial charge on any atom is -0.481 e. The highest BCUT2D eigenvalue weighted by Crippen LogP contribution is 2.23. The lowest BCUT2D eigenvalue weighted by molar-refractivity contribution is -0.140. The van der Waals surface area contributed by atoms with Gasteiger partial charge in [-0.25, -0.2) is 4.79 Å². The maximum atomic E-state index is 12.1. The molecule has 1 aliphatic carbocycles. The molecule has 5 nitrogen and oxygen atoms in total. The van der Waals surface area contributed by atoms with Gasteiger partial charge >= 0.3 is 12.0 Å². The number of thiophene rings is 1. The lowest BCUT2D eigenvalue weighted by Crippen LogP contribution is -2.42. The number of carbonyl (C=O) groups is 2. The molecule has 0 radical (unpaired) electrons. The number of urea groups is 1. The van der Waals surface area contributed by atoms with Crippen molar-refractivity contribution in [1.29, 1.82) is 0 Å². The summed E-state index contributed by atoms with van der Waals surface area (Å²) >= 11 is 1.63. The highest BCUT2D eigenvalue weighted by Gasteiger charge is 2.26. The predicted octanol–water partition coefficient (Wildman–Crippen LogP) is 2.92. The third-order valence-corrected chi connectivity index (χ3v) is 4.47. The number of nitrogens with one attached hydrogen (secondary N) is 2. The van der Waals surface area contributed by atoms with Crippen LogP contribution in [0.1, 0.15) is 37.1 Å². The number of aliphatic carboxylic acids is 1. The Hall–Kier alpha value is -1.82. The number of carbonyl (C=O) groups excluding carboxylic acids is 1. The zero-order chi connectivity index (χ0) is 15.2. The van der Waals surface area contributed by atoms with Crippen LogP contribution in [0.25, 0.3) is 0 Å². The number of amides is 2. The maximum Gasteiger partial charge on any atom is 0.315 e. The Morgan fingerprint density at radius 1 is 1.48 bits per heavy atom. The van der Waals surface area contributed by atoms with Crippen molar-refractivity contribution in [3.63, 3.8) is 0 Å². The number of carboxylic acid groups (broad SMARTS) is 1. The van der Waals surface area contributed by atoms with E-state index in [1.54, 1.807) is 23.5 Å². The smallest absolute Gasteiger partial charge is 0.315 e. The Morgan fingerprint density at radius 3 is 2.86 bits per heavy atom. The van der Waals surface area contributed by atoms with E-state index in [-0.39, 0.29) is 18.1 Å². The van der Waals surface area contributed by atoms with E-state index < -0.39 is 11.9 Å². The van der Waals surface area contributed by atoms with Crippen LogP contribution < -0.4 is 10.6 Å². The summed E-state index contributed by atoms with van der Waals surface area (Å²) in [6.07, 6.45) is 5.66. The molecule has 1 aromatic rings. The quantitative estimate of drug-likeness (QED) is 0.707. The summed E-state index contributed by atoms with van der Waals surface area (Å²) < 4.78 is 0. The van der Waals surface area contributed by atoms with Crippen LogP contribution in [-0.4, -0.2) is 23.1 Å². The van der Waals surface area contributed by atoms with Gasteiger partial charge in [0, 0.05) is 4.88 Å². The molecule has 3 unspecified atom stereocenters. The standard InChI is InChI=1S/C15H20N2O3S/c1-2-4-12(13-5-3-8-21-13)17-15(20)16-11-7-6-10(9-11)14(18)19/h3,5-8,10-12H,2,4,9H2,1H3,(H,18,19)(H2,16,17,20). The van der Waals surface area contributed by atoms with Crippen molar-refractivity contribution in [2.24, 2.45) is 5.92 Å². The summed E-state index contributed by atoms with van der Waals surface area (Å²) in [5, 5.41) is 16.7. The molecule has 0 aliphatic heterocycles. The van der Waals surface area contributed by atoms with Gasteiger partial charge in [-0.3, -0.25) is 4.79 Å². The van der Waals surface area contributed by atoms with E-state index in [0.717, 1.165) is 17.7 Å². The van der Waals surface area contributed by atoms with Crippen LogP contribution in [0, 0.1) is 5.92 Å². The van der Waals surface area contributed by atoms with Crippen molar-refractivity contribution in [2.45, 2.75) is 38.3 Å². The fourth-order valence-electron chi connectivity index (χ4n) is 2.42. The van der Waals surface area contributed by atoms with Crippen LogP contribution in [0.5, 0.6) is 0 Å². The van der Waals surface area contributed by atoms with Crippen molar-refractivity contribution >= 4 is 23.3 Å². The molecule has 0 spiro atoms. The molecule has 0 saturated heterocycles. The van der Waals surface area contributed by atoms with Crippen molar-refractivity contribution in [1.82, 2.24) is 10.6 Å². The van der Waals surface area contributed by atoms with Crippen LogP contribution in [0.15, 0.2) is 29.7 Å². The fourth-order valence-corrected chi connectivity index (χ4v) is 3.23. The molecule has 3 N–H and O–H groups in total. The van der Waals surface area contributed by atoms with E-state index >= 15 is 0 Å². The average molecular weight is 308 g/mol. The summed E-state index contributed by atoms with van der Waals surface area (Å²) in [6.45, 7) is 2.08. The van der Waals surface area contributed by atoms with Gasteiger partial charge in [-0.15, -0.1) is 11.3 Å². The first-order valence-electron chi connectivity index (χ1n) is 7.11. The molecule has 1 aromatic heterocycles. The Labute approximate surface area is 128 Å². The lowest BCUT2D eigenvalue weighted by atomic mass is 10.1. The summed E-state index contributed by atoms with van der Waals surface area (Å²) in [6, 6.07) is 3.54. The average Bonchev–Trinajstić information content (AvgIpc) is 3.09.